The molecule has 13 heavy (non-hydrogen) atoms. The smallest absolute Gasteiger partial charge is 0.320 e. The Morgan fingerprint density at radius 3 is 2.62 bits per heavy atom. The van der Waals surface area contributed by atoms with Crippen molar-refractivity contribution < 1.29 is 9.90 Å². The van der Waals surface area contributed by atoms with Gasteiger partial charge in [0.15, 0.2) is 0 Å². The van der Waals surface area contributed by atoms with E-state index in [0.29, 0.717) is 19.3 Å². The molecule has 0 fully saturated rings. The predicted octanol–water partition coefficient (Wildman–Crippen LogP) is 0.164. The topological polar surface area (TPSA) is 138 Å². The van der Waals surface area contributed by atoms with Crippen molar-refractivity contribution in [3.63, 3.8) is 0 Å². The van der Waals surface area contributed by atoms with Gasteiger partial charge in [0.2, 0.25) is 0 Å². The normalized spacial score (nSPS) is 14.3. The monoisotopic (exact) mass is 187 g/mol. The SMILES string of the molecule is [N-]=[N+]=NC(N)CCCC(N)C(=O)O. The van der Waals surface area contributed by atoms with Crippen molar-refractivity contribution in [2.45, 2.75) is 31.5 Å². The van der Waals surface area contributed by atoms with E-state index in [2.05, 4.69) is 10.0 Å². The van der Waals surface area contributed by atoms with Crippen molar-refractivity contribution >= 4 is 5.97 Å². The number of nitrogens with zero attached hydrogens (tertiary/aromatic N) is 3. The molecular weight excluding hydrogens is 174 g/mol. The van der Waals surface area contributed by atoms with E-state index in [1.54, 1.807) is 0 Å². The minimum atomic E-state index is -1.03. The number of hydrogen-bond donors (Lipinski definition) is 3. The van der Waals surface area contributed by atoms with Gasteiger partial charge < -0.3 is 16.6 Å². The molecule has 0 bridgehead atoms. The number of azide groups is 1. The first-order chi connectivity index (χ1) is 6.07. The lowest BCUT2D eigenvalue weighted by atomic mass is 10.1. The molecule has 2 atom stereocenters. The van der Waals surface area contributed by atoms with Crippen LogP contribution in [0.1, 0.15) is 19.3 Å². The fraction of sp³-hybridized carbons (Fsp3) is 0.833. The number of aliphatic carboxylic acids is 1. The third-order valence-electron chi connectivity index (χ3n) is 1.53. The van der Waals surface area contributed by atoms with Crippen molar-refractivity contribution in [2.75, 3.05) is 0 Å². The van der Waals surface area contributed by atoms with Crippen molar-refractivity contribution in [1.29, 1.82) is 0 Å². The summed E-state index contributed by atoms with van der Waals surface area (Å²) in [6, 6.07) is -0.863. The zero-order valence-electron chi connectivity index (χ0n) is 7.13. The molecule has 0 aromatic carbocycles. The Labute approximate surface area is 75.3 Å². The zero-order chi connectivity index (χ0) is 10.3. The first-order valence-corrected chi connectivity index (χ1v) is 3.86. The molecular formula is C6H13N5O2. The van der Waals surface area contributed by atoms with Crippen LogP contribution in [0.5, 0.6) is 0 Å². The summed E-state index contributed by atoms with van der Waals surface area (Å²) in [5.74, 6) is -1.03. The van der Waals surface area contributed by atoms with Crippen LogP contribution in [0.4, 0.5) is 0 Å². The quantitative estimate of drug-likeness (QED) is 0.309. The Morgan fingerprint density at radius 1 is 1.54 bits per heavy atom. The number of rotatable bonds is 6. The lowest BCUT2D eigenvalue weighted by molar-refractivity contribution is -0.138. The Kier molecular flexibility index (Phi) is 5.62. The van der Waals surface area contributed by atoms with E-state index >= 15 is 0 Å². The van der Waals surface area contributed by atoms with Crippen LogP contribution in [0, 0.1) is 0 Å². The zero-order valence-corrected chi connectivity index (χ0v) is 7.13. The summed E-state index contributed by atoms with van der Waals surface area (Å²) < 4.78 is 0. The van der Waals surface area contributed by atoms with Crippen LogP contribution in [0.15, 0.2) is 5.11 Å². The maximum atomic E-state index is 10.3. The van der Waals surface area contributed by atoms with Gasteiger partial charge in [0.1, 0.15) is 6.04 Å². The fourth-order valence-electron chi connectivity index (χ4n) is 0.794. The third kappa shape index (κ3) is 5.92. The van der Waals surface area contributed by atoms with Gasteiger partial charge in [-0.2, -0.15) is 0 Å². The van der Waals surface area contributed by atoms with Gasteiger partial charge in [0.25, 0.3) is 0 Å². The summed E-state index contributed by atoms with van der Waals surface area (Å²) in [4.78, 5) is 12.8. The van der Waals surface area contributed by atoms with Crippen LogP contribution < -0.4 is 11.5 Å². The number of hydrogen-bond acceptors (Lipinski definition) is 4. The highest BCUT2D eigenvalue weighted by molar-refractivity contribution is 5.72. The van der Waals surface area contributed by atoms with Gasteiger partial charge in [-0.3, -0.25) is 4.79 Å². The van der Waals surface area contributed by atoms with Crippen LogP contribution in [-0.4, -0.2) is 23.3 Å². The Bertz CT molecular complexity index is 205. The highest BCUT2D eigenvalue weighted by Crippen LogP contribution is 2.02. The summed E-state index contributed by atoms with van der Waals surface area (Å²) in [5, 5.41) is 11.6. The van der Waals surface area contributed by atoms with E-state index in [9.17, 15) is 4.79 Å². The predicted molar refractivity (Wildman–Crippen MR) is 46.6 cm³/mol. The first-order valence-electron chi connectivity index (χ1n) is 3.86. The summed E-state index contributed by atoms with van der Waals surface area (Å²) in [5.41, 5.74) is 18.6. The van der Waals surface area contributed by atoms with Crippen LogP contribution >= 0.6 is 0 Å². The molecule has 0 heterocycles. The number of carboxylic acids is 1. The summed E-state index contributed by atoms with van der Waals surface area (Å²) in [6.07, 6.45) is 0.730. The van der Waals surface area contributed by atoms with E-state index < -0.39 is 18.2 Å². The van der Waals surface area contributed by atoms with Crippen LogP contribution in [0.2, 0.25) is 0 Å². The maximum Gasteiger partial charge on any atom is 0.320 e. The number of carbonyl (C=O) groups is 1. The fourth-order valence-corrected chi connectivity index (χ4v) is 0.794. The van der Waals surface area contributed by atoms with E-state index in [4.69, 9.17) is 22.1 Å². The summed E-state index contributed by atoms with van der Waals surface area (Å²) in [6.45, 7) is 0. The second kappa shape index (κ2) is 6.24. The van der Waals surface area contributed by atoms with Crippen LogP contribution in [0.25, 0.3) is 10.4 Å². The molecule has 0 spiro atoms. The summed E-state index contributed by atoms with van der Waals surface area (Å²) >= 11 is 0. The van der Waals surface area contributed by atoms with Crippen molar-refractivity contribution in [3.8, 4) is 0 Å². The van der Waals surface area contributed by atoms with E-state index in [1.165, 1.54) is 0 Å². The lowest BCUT2D eigenvalue weighted by Gasteiger charge is -2.07. The standard InChI is InChI=1S/C6H13N5O2/c7-4(6(12)13)2-1-3-5(8)10-11-9/h4-5H,1-3,7-8H2,(H,12,13). The molecule has 0 rings (SSSR count). The number of carboxylic acid groups (broad SMARTS) is 1. The molecule has 7 nitrogen and oxygen atoms in total. The minimum Gasteiger partial charge on any atom is -0.480 e. The highest BCUT2D eigenvalue weighted by Gasteiger charge is 2.10. The second-order valence-electron chi connectivity index (χ2n) is 2.65. The summed E-state index contributed by atoms with van der Waals surface area (Å²) in [7, 11) is 0. The largest absolute Gasteiger partial charge is 0.480 e. The van der Waals surface area contributed by atoms with Crippen LogP contribution in [-0.2, 0) is 4.79 Å². The van der Waals surface area contributed by atoms with Gasteiger partial charge in [-0.15, -0.1) is 0 Å². The average Bonchev–Trinajstić information content (AvgIpc) is 2.04. The van der Waals surface area contributed by atoms with Gasteiger partial charge in [0.05, 0.1) is 6.17 Å². The number of nitrogens with two attached hydrogens (primary N) is 2. The third-order valence-corrected chi connectivity index (χ3v) is 1.53. The van der Waals surface area contributed by atoms with Crippen molar-refractivity contribution in [3.05, 3.63) is 10.4 Å². The molecule has 0 aromatic rings. The van der Waals surface area contributed by atoms with E-state index in [1.807, 2.05) is 0 Å². The molecule has 0 aliphatic heterocycles. The molecule has 74 valence electrons. The lowest BCUT2D eigenvalue weighted by Crippen LogP contribution is -2.30. The minimum absolute atomic E-state index is 0.337. The molecule has 2 unspecified atom stereocenters. The van der Waals surface area contributed by atoms with Crippen molar-refractivity contribution in [1.82, 2.24) is 0 Å². The Morgan fingerprint density at radius 2 is 2.15 bits per heavy atom. The highest BCUT2D eigenvalue weighted by atomic mass is 16.4. The van der Waals surface area contributed by atoms with Crippen molar-refractivity contribution in [2.24, 2.45) is 16.6 Å². The molecule has 0 saturated carbocycles. The van der Waals surface area contributed by atoms with E-state index in [0.717, 1.165) is 0 Å². The molecule has 0 aliphatic rings. The van der Waals surface area contributed by atoms with Gasteiger partial charge in [-0.25, -0.2) is 0 Å². The molecule has 5 N–H and O–H groups in total. The van der Waals surface area contributed by atoms with Gasteiger partial charge >= 0.3 is 5.97 Å². The molecule has 0 aromatic heterocycles. The molecule has 7 heteroatoms. The van der Waals surface area contributed by atoms with Gasteiger partial charge in [-0.1, -0.05) is 5.11 Å². The van der Waals surface area contributed by atoms with Gasteiger partial charge in [-0.05, 0) is 24.8 Å². The Balaban J connectivity index is 3.55. The molecule has 0 radical (unpaired) electrons. The van der Waals surface area contributed by atoms with Gasteiger partial charge in [0, 0.05) is 4.91 Å². The van der Waals surface area contributed by atoms with Crippen LogP contribution in [0.3, 0.4) is 0 Å². The second-order valence-corrected chi connectivity index (χ2v) is 2.65. The molecule has 0 amide bonds. The first kappa shape index (κ1) is 11.7. The maximum absolute atomic E-state index is 10.3. The molecule has 0 saturated heterocycles. The average molecular weight is 187 g/mol. The van der Waals surface area contributed by atoms with E-state index in [-0.39, 0.29) is 0 Å². The molecule has 0 aliphatic carbocycles. The Hall–Kier alpha value is -1.30.